The number of likely N-dealkylation sites (tertiary alicyclic amines) is 1. The van der Waals surface area contributed by atoms with Gasteiger partial charge < -0.3 is 20.1 Å². The predicted molar refractivity (Wildman–Crippen MR) is 130 cm³/mol. The Hall–Kier alpha value is -3.72. The number of carbonyl (C=O) groups excluding carboxylic acids is 2. The number of alkyl carbamates (subject to hydrolysis) is 1. The molecule has 1 fully saturated rings. The van der Waals surface area contributed by atoms with Gasteiger partial charge in [-0.25, -0.2) is 9.78 Å². The first kappa shape index (κ1) is 23.0. The molecule has 1 atom stereocenters. The van der Waals surface area contributed by atoms with Crippen molar-refractivity contribution in [3.8, 4) is 11.1 Å². The molecule has 0 saturated carbocycles. The average Bonchev–Trinajstić information content (AvgIpc) is 3.57. The lowest BCUT2D eigenvalue weighted by Crippen LogP contribution is -2.29. The summed E-state index contributed by atoms with van der Waals surface area (Å²) in [5.74, 6) is -1.64. The largest absolute Gasteiger partial charge is 0.481 e. The number of carboxylic acid groups (broad SMARTS) is 1. The summed E-state index contributed by atoms with van der Waals surface area (Å²) in [5.41, 5.74) is 5.20. The fraction of sp³-hybridized carbons (Fsp3) is 0.308. The molecule has 9 heteroatoms. The van der Waals surface area contributed by atoms with Gasteiger partial charge in [0.15, 0.2) is 0 Å². The highest BCUT2D eigenvalue weighted by molar-refractivity contribution is 7.13. The number of ether oxygens (including phenoxy) is 1. The monoisotopic (exact) mass is 491 g/mol. The van der Waals surface area contributed by atoms with E-state index >= 15 is 0 Å². The molecule has 180 valence electrons. The van der Waals surface area contributed by atoms with E-state index in [0.717, 1.165) is 11.1 Å². The summed E-state index contributed by atoms with van der Waals surface area (Å²) in [5, 5.41) is 12.5. The third kappa shape index (κ3) is 4.51. The van der Waals surface area contributed by atoms with Crippen molar-refractivity contribution in [2.24, 2.45) is 5.92 Å². The van der Waals surface area contributed by atoms with E-state index in [2.05, 4.69) is 34.6 Å². The molecule has 2 amide bonds. The Morgan fingerprint density at radius 3 is 2.40 bits per heavy atom. The Labute approximate surface area is 206 Å². The lowest BCUT2D eigenvalue weighted by atomic mass is 9.98. The number of aliphatic carboxylic acids is 1. The van der Waals surface area contributed by atoms with Crippen LogP contribution in [0, 0.1) is 12.8 Å². The first-order valence-corrected chi connectivity index (χ1v) is 12.3. The van der Waals surface area contributed by atoms with Crippen LogP contribution in [-0.4, -0.2) is 52.7 Å². The normalized spacial score (nSPS) is 16.6. The molecule has 8 nitrogen and oxygen atoms in total. The van der Waals surface area contributed by atoms with Gasteiger partial charge in [0.05, 0.1) is 18.2 Å². The molecule has 2 aromatic carbocycles. The van der Waals surface area contributed by atoms with E-state index in [1.54, 1.807) is 11.8 Å². The molecule has 1 saturated heterocycles. The van der Waals surface area contributed by atoms with Crippen molar-refractivity contribution >= 4 is 29.3 Å². The van der Waals surface area contributed by atoms with Crippen LogP contribution in [0.3, 0.4) is 0 Å². The second-order valence-electron chi connectivity index (χ2n) is 8.78. The molecular weight excluding hydrogens is 466 g/mol. The molecule has 2 heterocycles. The van der Waals surface area contributed by atoms with Gasteiger partial charge in [0.25, 0.3) is 5.91 Å². The molecular formula is C26H25N3O5S. The number of aromatic nitrogens is 1. The second-order valence-corrected chi connectivity index (χ2v) is 9.86. The Morgan fingerprint density at radius 2 is 1.77 bits per heavy atom. The van der Waals surface area contributed by atoms with E-state index in [4.69, 9.17) is 4.74 Å². The number of amides is 2. The highest BCUT2D eigenvalue weighted by Gasteiger charge is 2.33. The van der Waals surface area contributed by atoms with E-state index in [1.807, 2.05) is 24.3 Å². The molecule has 1 unspecified atom stereocenters. The number of fused-ring (bicyclic) bond motifs is 3. The number of carboxylic acids is 1. The van der Waals surface area contributed by atoms with Crippen molar-refractivity contribution in [2.75, 3.05) is 19.7 Å². The lowest BCUT2D eigenvalue weighted by Gasteiger charge is -2.14. The smallest absolute Gasteiger partial charge is 0.407 e. The number of hydrogen-bond acceptors (Lipinski definition) is 6. The van der Waals surface area contributed by atoms with Crippen molar-refractivity contribution in [3.05, 3.63) is 75.2 Å². The maximum atomic E-state index is 12.8. The Balaban J connectivity index is 1.18. The van der Waals surface area contributed by atoms with E-state index in [0.29, 0.717) is 28.5 Å². The van der Waals surface area contributed by atoms with E-state index in [-0.39, 0.29) is 31.5 Å². The number of carbonyl (C=O) groups is 3. The van der Waals surface area contributed by atoms with Gasteiger partial charge in [0, 0.05) is 19.0 Å². The topological polar surface area (TPSA) is 109 Å². The lowest BCUT2D eigenvalue weighted by molar-refractivity contribution is -0.141. The van der Waals surface area contributed by atoms with Crippen LogP contribution in [-0.2, 0) is 16.1 Å². The van der Waals surface area contributed by atoms with Crippen LogP contribution in [0.2, 0.25) is 0 Å². The molecule has 0 spiro atoms. The van der Waals surface area contributed by atoms with E-state index in [1.165, 1.54) is 22.5 Å². The summed E-state index contributed by atoms with van der Waals surface area (Å²) in [7, 11) is 0. The van der Waals surface area contributed by atoms with Crippen LogP contribution in [0.4, 0.5) is 4.79 Å². The number of nitrogens with one attached hydrogen (secondary N) is 1. The van der Waals surface area contributed by atoms with Crippen molar-refractivity contribution in [3.63, 3.8) is 0 Å². The van der Waals surface area contributed by atoms with Gasteiger partial charge in [0.1, 0.15) is 16.5 Å². The SMILES string of the molecule is Cc1nc(CNC(=O)OCC2c3ccccc3-c3ccccc32)sc1C(=O)N1CCC(C(=O)O)C1. The van der Waals surface area contributed by atoms with Gasteiger partial charge in [-0.05, 0) is 35.6 Å². The highest BCUT2D eigenvalue weighted by atomic mass is 32.1. The summed E-state index contributed by atoms with van der Waals surface area (Å²) in [6.45, 7) is 2.73. The van der Waals surface area contributed by atoms with Crippen LogP contribution in [0.25, 0.3) is 11.1 Å². The quantitative estimate of drug-likeness (QED) is 0.539. The number of benzene rings is 2. The third-order valence-electron chi connectivity index (χ3n) is 6.59. The van der Waals surface area contributed by atoms with Crippen LogP contribution >= 0.6 is 11.3 Å². The maximum absolute atomic E-state index is 12.8. The Kier molecular flexibility index (Phi) is 6.25. The van der Waals surface area contributed by atoms with Crippen molar-refractivity contribution in [1.29, 1.82) is 0 Å². The number of rotatable bonds is 6. The van der Waals surface area contributed by atoms with Gasteiger partial charge >= 0.3 is 12.1 Å². The van der Waals surface area contributed by atoms with Gasteiger partial charge in [-0.3, -0.25) is 9.59 Å². The van der Waals surface area contributed by atoms with Crippen LogP contribution in [0.1, 0.15) is 43.8 Å². The molecule has 2 aliphatic rings. The average molecular weight is 492 g/mol. The van der Waals surface area contributed by atoms with Crippen LogP contribution in [0.15, 0.2) is 48.5 Å². The minimum atomic E-state index is -0.880. The fourth-order valence-corrected chi connectivity index (χ4v) is 5.79. The Morgan fingerprint density at radius 1 is 1.11 bits per heavy atom. The molecule has 1 aromatic heterocycles. The molecule has 1 aliphatic heterocycles. The van der Waals surface area contributed by atoms with E-state index in [9.17, 15) is 19.5 Å². The highest BCUT2D eigenvalue weighted by Crippen LogP contribution is 2.44. The summed E-state index contributed by atoms with van der Waals surface area (Å²) in [6.07, 6.45) is -0.0915. The third-order valence-corrected chi connectivity index (χ3v) is 7.73. The molecule has 1 aliphatic carbocycles. The standard InChI is InChI=1S/C26H25N3O5S/c1-15-23(24(30)29-11-10-16(13-29)25(31)32)35-22(28-15)12-27-26(33)34-14-21-19-8-4-2-6-17(19)18-7-3-5-9-20(18)21/h2-9,16,21H,10-14H2,1H3,(H,27,33)(H,31,32). The second kappa shape index (κ2) is 9.50. The zero-order chi connectivity index (χ0) is 24.5. The molecule has 2 N–H and O–H groups in total. The van der Waals surface area contributed by atoms with Gasteiger partial charge in [-0.1, -0.05) is 48.5 Å². The van der Waals surface area contributed by atoms with Crippen LogP contribution in [0.5, 0.6) is 0 Å². The zero-order valence-electron chi connectivity index (χ0n) is 19.2. The molecule has 0 radical (unpaired) electrons. The van der Waals surface area contributed by atoms with Gasteiger partial charge in [0.2, 0.25) is 0 Å². The number of hydrogen-bond donors (Lipinski definition) is 2. The Bertz CT molecular complexity index is 1260. The number of nitrogens with zero attached hydrogens (tertiary/aromatic N) is 2. The van der Waals surface area contributed by atoms with Gasteiger partial charge in [-0.15, -0.1) is 11.3 Å². The summed E-state index contributed by atoms with van der Waals surface area (Å²) in [6, 6.07) is 16.3. The number of aryl methyl sites for hydroxylation is 1. The fourth-order valence-electron chi connectivity index (χ4n) is 4.81. The van der Waals surface area contributed by atoms with Gasteiger partial charge in [-0.2, -0.15) is 0 Å². The molecule has 5 rings (SSSR count). The number of thiazole rings is 1. The first-order chi connectivity index (χ1) is 16.9. The summed E-state index contributed by atoms with van der Waals surface area (Å²) >= 11 is 1.21. The first-order valence-electron chi connectivity index (χ1n) is 11.5. The minimum Gasteiger partial charge on any atom is -0.481 e. The molecule has 0 bridgehead atoms. The molecule has 35 heavy (non-hydrogen) atoms. The maximum Gasteiger partial charge on any atom is 0.407 e. The summed E-state index contributed by atoms with van der Waals surface area (Å²) in [4.78, 5) is 42.9. The summed E-state index contributed by atoms with van der Waals surface area (Å²) < 4.78 is 5.56. The minimum absolute atomic E-state index is 0.0189. The van der Waals surface area contributed by atoms with E-state index < -0.39 is 18.0 Å². The molecule has 3 aromatic rings. The predicted octanol–water partition coefficient (Wildman–Crippen LogP) is 4.04. The van der Waals surface area contributed by atoms with Crippen molar-refractivity contribution < 1.29 is 24.2 Å². The van der Waals surface area contributed by atoms with Crippen molar-refractivity contribution in [1.82, 2.24) is 15.2 Å². The van der Waals surface area contributed by atoms with Crippen LogP contribution < -0.4 is 5.32 Å². The zero-order valence-corrected chi connectivity index (χ0v) is 20.0. The van der Waals surface area contributed by atoms with Crippen molar-refractivity contribution in [2.45, 2.75) is 25.8 Å².